The molecule has 0 aliphatic rings. The molecule has 0 fully saturated rings. The van der Waals surface area contributed by atoms with E-state index in [9.17, 15) is 0 Å². The number of aliphatic hydroxyl groups is 1. The van der Waals surface area contributed by atoms with Gasteiger partial charge < -0.3 is 16.2 Å². The molecule has 0 aliphatic carbocycles. The summed E-state index contributed by atoms with van der Waals surface area (Å²) >= 11 is 0. The van der Waals surface area contributed by atoms with E-state index in [1.807, 2.05) is 0 Å². The third-order valence-corrected chi connectivity index (χ3v) is 0.864. The lowest BCUT2D eigenvalue weighted by Crippen LogP contribution is -2.12. The highest BCUT2D eigenvalue weighted by molar-refractivity contribution is 4.93. The summed E-state index contributed by atoms with van der Waals surface area (Å²) in [7, 11) is 0. The highest BCUT2D eigenvalue weighted by Crippen LogP contribution is 1.76. The van der Waals surface area contributed by atoms with Gasteiger partial charge in [-0.25, -0.2) is 0 Å². The molecule has 0 rings (SSSR count). The minimum Gasteiger partial charge on any atom is -0.399 e. The van der Waals surface area contributed by atoms with Crippen molar-refractivity contribution in [2.75, 3.05) is 13.2 Å². The van der Waals surface area contributed by atoms with E-state index in [1.165, 1.54) is 0 Å². The Bertz CT molecular complexity index is 91.1. The number of nitrogens with one attached hydrogen (secondary N) is 1. The third kappa shape index (κ3) is 5.17. The molecule has 0 aromatic carbocycles. The zero-order valence-electron chi connectivity index (χ0n) is 5.72. The fraction of sp³-hybridized carbons (Fsp3) is 0.667. The summed E-state index contributed by atoms with van der Waals surface area (Å²) in [5.74, 6) is 0. The molecule has 0 bridgehead atoms. The molecule has 0 heterocycles. The smallest absolute Gasteiger partial charge is 0.0840 e. The van der Waals surface area contributed by atoms with Gasteiger partial charge in [-0.1, -0.05) is 6.92 Å². The molecule has 0 spiro atoms. The van der Waals surface area contributed by atoms with Crippen LogP contribution >= 0.6 is 0 Å². The molecule has 54 valence electrons. The minimum absolute atomic E-state index is 0.0727. The van der Waals surface area contributed by atoms with Gasteiger partial charge in [0.1, 0.15) is 0 Å². The SMILES string of the molecule is CCCN/C=C(\N)CO. The average molecular weight is 130 g/mol. The number of hydrogen-bond donors (Lipinski definition) is 3. The van der Waals surface area contributed by atoms with Crippen LogP contribution in [-0.4, -0.2) is 18.3 Å². The van der Waals surface area contributed by atoms with Crippen LogP contribution in [0, 0.1) is 0 Å². The standard InChI is InChI=1S/C6H14N2O/c1-2-3-8-4-6(7)5-9/h4,8-9H,2-3,5,7H2,1H3/b6-4-. The van der Waals surface area contributed by atoms with E-state index < -0.39 is 0 Å². The van der Waals surface area contributed by atoms with E-state index in [0.29, 0.717) is 5.70 Å². The Kier molecular flexibility index (Phi) is 5.01. The Hall–Kier alpha value is -0.700. The van der Waals surface area contributed by atoms with Gasteiger partial charge in [0.05, 0.1) is 6.61 Å². The van der Waals surface area contributed by atoms with Gasteiger partial charge in [0.25, 0.3) is 0 Å². The molecule has 0 radical (unpaired) electrons. The van der Waals surface area contributed by atoms with E-state index in [4.69, 9.17) is 10.8 Å². The van der Waals surface area contributed by atoms with Gasteiger partial charge in [0, 0.05) is 18.4 Å². The Morgan fingerprint density at radius 2 is 2.44 bits per heavy atom. The first-order valence-corrected chi connectivity index (χ1v) is 3.10. The fourth-order valence-corrected chi connectivity index (χ4v) is 0.393. The second-order valence-electron chi connectivity index (χ2n) is 1.83. The minimum atomic E-state index is -0.0727. The van der Waals surface area contributed by atoms with Crippen LogP contribution < -0.4 is 11.1 Å². The van der Waals surface area contributed by atoms with Gasteiger partial charge in [0.15, 0.2) is 0 Å². The van der Waals surface area contributed by atoms with Crippen molar-refractivity contribution >= 4 is 0 Å². The predicted molar refractivity (Wildman–Crippen MR) is 37.6 cm³/mol. The zero-order chi connectivity index (χ0) is 7.11. The van der Waals surface area contributed by atoms with Crippen molar-refractivity contribution in [3.63, 3.8) is 0 Å². The molecule has 4 N–H and O–H groups in total. The second-order valence-corrected chi connectivity index (χ2v) is 1.83. The number of hydrogen-bond acceptors (Lipinski definition) is 3. The van der Waals surface area contributed by atoms with Crippen LogP contribution in [0.1, 0.15) is 13.3 Å². The van der Waals surface area contributed by atoms with Gasteiger partial charge in [-0.3, -0.25) is 0 Å². The van der Waals surface area contributed by atoms with Crippen molar-refractivity contribution in [2.45, 2.75) is 13.3 Å². The van der Waals surface area contributed by atoms with Crippen LogP contribution in [0.5, 0.6) is 0 Å². The van der Waals surface area contributed by atoms with Crippen molar-refractivity contribution in [2.24, 2.45) is 5.73 Å². The summed E-state index contributed by atoms with van der Waals surface area (Å²) in [6.07, 6.45) is 2.69. The van der Waals surface area contributed by atoms with Crippen molar-refractivity contribution in [3.8, 4) is 0 Å². The van der Waals surface area contributed by atoms with Crippen LogP contribution in [0.25, 0.3) is 0 Å². The van der Waals surface area contributed by atoms with E-state index in [-0.39, 0.29) is 6.61 Å². The van der Waals surface area contributed by atoms with E-state index >= 15 is 0 Å². The molecule has 3 heteroatoms. The van der Waals surface area contributed by atoms with Crippen LogP contribution in [0.3, 0.4) is 0 Å². The summed E-state index contributed by atoms with van der Waals surface area (Å²) in [4.78, 5) is 0. The van der Waals surface area contributed by atoms with Crippen molar-refractivity contribution in [3.05, 3.63) is 11.9 Å². The van der Waals surface area contributed by atoms with Gasteiger partial charge in [-0.15, -0.1) is 0 Å². The Morgan fingerprint density at radius 1 is 1.78 bits per heavy atom. The maximum Gasteiger partial charge on any atom is 0.0840 e. The maximum absolute atomic E-state index is 8.40. The monoisotopic (exact) mass is 130 g/mol. The molecule has 0 aromatic rings. The molecular weight excluding hydrogens is 116 g/mol. The van der Waals surface area contributed by atoms with Crippen LogP contribution in [-0.2, 0) is 0 Å². The lowest BCUT2D eigenvalue weighted by molar-refractivity contribution is 0.329. The summed E-state index contributed by atoms with van der Waals surface area (Å²) in [6.45, 7) is 2.90. The zero-order valence-corrected chi connectivity index (χ0v) is 5.72. The van der Waals surface area contributed by atoms with Gasteiger partial charge >= 0.3 is 0 Å². The third-order valence-electron chi connectivity index (χ3n) is 0.864. The summed E-state index contributed by atoms with van der Waals surface area (Å²) in [6, 6.07) is 0. The van der Waals surface area contributed by atoms with E-state index in [2.05, 4.69) is 12.2 Å². The van der Waals surface area contributed by atoms with E-state index in [1.54, 1.807) is 6.20 Å². The highest BCUT2D eigenvalue weighted by atomic mass is 16.3. The average Bonchev–Trinajstić information content (AvgIpc) is 1.89. The first-order valence-electron chi connectivity index (χ1n) is 3.10. The quantitative estimate of drug-likeness (QED) is 0.461. The van der Waals surface area contributed by atoms with Crippen LogP contribution in [0.2, 0.25) is 0 Å². The molecule has 0 aliphatic heterocycles. The Labute approximate surface area is 55.6 Å². The largest absolute Gasteiger partial charge is 0.399 e. The number of rotatable bonds is 4. The number of nitrogens with two attached hydrogens (primary N) is 1. The lowest BCUT2D eigenvalue weighted by Gasteiger charge is -1.97. The summed E-state index contributed by atoms with van der Waals surface area (Å²) in [5.41, 5.74) is 5.74. The van der Waals surface area contributed by atoms with Crippen LogP contribution in [0.15, 0.2) is 11.9 Å². The highest BCUT2D eigenvalue weighted by Gasteiger charge is 1.81. The van der Waals surface area contributed by atoms with E-state index in [0.717, 1.165) is 13.0 Å². The summed E-state index contributed by atoms with van der Waals surface area (Å²) in [5, 5.41) is 11.3. The first kappa shape index (κ1) is 8.30. The lowest BCUT2D eigenvalue weighted by atomic mass is 10.4. The van der Waals surface area contributed by atoms with Crippen molar-refractivity contribution < 1.29 is 5.11 Å². The van der Waals surface area contributed by atoms with Crippen molar-refractivity contribution in [1.29, 1.82) is 0 Å². The fourth-order valence-electron chi connectivity index (χ4n) is 0.393. The van der Waals surface area contributed by atoms with Gasteiger partial charge in [-0.05, 0) is 6.42 Å². The molecule has 3 nitrogen and oxygen atoms in total. The summed E-state index contributed by atoms with van der Waals surface area (Å²) < 4.78 is 0. The Balaban J connectivity index is 3.21. The molecule has 0 atom stereocenters. The topological polar surface area (TPSA) is 58.3 Å². The van der Waals surface area contributed by atoms with Crippen molar-refractivity contribution in [1.82, 2.24) is 5.32 Å². The first-order chi connectivity index (χ1) is 4.31. The maximum atomic E-state index is 8.40. The molecule has 0 saturated carbocycles. The molecule has 0 aromatic heterocycles. The van der Waals surface area contributed by atoms with Gasteiger partial charge in [0.2, 0.25) is 0 Å². The molecular formula is C6H14N2O. The number of aliphatic hydroxyl groups excluding tert-OH is 1. The predicted octanol–water partition coefficient (Wildman–Crippen LogP) is -0.222. The van der Waals surface area contributed by atoms with Crippen LogP contribution in [0.4, 0.5) is 0 Å². The molecule has 0 saturated heterocycles. The molecule has 0 amide bonds. The Morgan fingerprint density at radius 3 is 2.89 bits per heavy atom. The normalized spacial score (nSPS) is 11.6. The molecule has 9 heavy (non-hydrogen) atoms. The second kappa shape index (κ2) is 5.44. The van der Waals surface area contributed by atoms with Gasteiger partial charge in [-0.2, -0.15) is 0 Å². The molecule has 0 unspecified atom stereocenters.